The summed E-state index contributed by atoms with van der Waals surface area (Å²) < 4.78 is 7.04. The van der Waals surface area contributed by atoms with Crippen molar-refractivity contribution in [1.82, 2.24) is 0 Å². The second kappa shape index (κ2) is 51.6. The molecule has 0 spiro atoms. The summed E-state index contributed by atoms with van der Waals surface area (Å²) in [5.41, 5.74) is 0. The first kappa shape index (κ1) is 64.3. The topological polar surface area (TPSA) is 0 Å². The van der Waals surface area contributed by atoms with Crippen molar-refractivity contribution in [3.8, 4) is 0 Å². The van der Waals surface area contributed by atoms with Crippen LogP contribution < -0.4 is 0 Å². The Morgan fingerprint density at radius 3 is 0.391 bits per heavy atom. The van der Waals surface area contributed by atoms with Crippen molar-refractivity contribution in [2.75, 3.05) is 0 Å². The van der Waals surface area contributed by atoms with Gasteiger partial charge in [-0.25, -0.2) is 0 Å². The summed E-state index contributed by atoms with van der Waals surface area (Å²) in [7, 11) is 0. The van der Waals surface area contributed by atoms with Crippen LogP contribution in [-0.4, -0.2) is 31.2 Å². The summed E-state index contributed by atoms with van der Waals surface area (Å²) >= 11 is -4.17. The van der Waals surface area contributed by atoms with Crippen LogP contribution in [0.3, 0.4) is 0 Å². The van der Waals surface area contributed by atoms with Gasteiger partial charge in [0.15, 0.2) is 0 Å². The summed E-state index contributed by atoms with van der Waals surface area (Å²) in [4.78, 5) is 0. The standard InChI is InChI=1S/4C15H31.2S.2Sn/c4*1-3-5-7-9-11-13-15-14-12-10-8-6-4-2;;;;/h4*1,3-15H2,2H3;;;;. The quantitative estimate of drug-likeness (QED) is 0.0440. The molecule has 1 aliphatic rings. The molecule has 0 atom stereocenters. The van der Waals surface area contributed by atoms with Crippen molar-refractivity contribution in [1.29, 1.82) is 0 Å². The number of rotatable bonds is 56. The Morgan fingerprint density at radius 1 is 0.156 bits per heavy atom. The van der Waals surface area contributed by atoms with Gasteiger partial charge in [0.1, 0.15) is 0 Å². The zero-order valence-corrected chi connectivity index (χ0v) is 52.8. The van der Waals surface area contributed by atoms with Crippen molar-refractivity contribution in [3.63, 3.8) is 0 Å². The van der Waals surface area contributed by atoms with Gasteiger partial charge in [-0.2, -0.15) is 0 Å². The number of hydrogen-bond acceptors (Lipinski definition) is 2. The van der Waals surface area contributed by atoms with Crippen molar-refractivity contribution in [2.45, 2.75) is 379 Å². The molecule has 0 N–H and O–H groups in total. The van der Waals surface area contributed by atoms with Crippen LogP contribution >= 0.6 is 12.3 Å². The molecule has 0 aliphatic carbocycles. The average Bonchev–Trinajstić information content (AvgIpc) is 3.29. The monoisotopic (exact) mass is 1150 g/mol. The Balaban J connectivity index is 2.59. The summed E-state index contributed by atoms with van der Waals surface area (Å²) in [6, 6.07) is 0. The van der Waals surface area contributed by atoms with Gasteiger partial charge in [0.25, 0.3) is 0 Å². The SMILES string of the molecule is CCCCCCCCCCCCCC[CH2][Sn]1([CH2]CCCCCCCCCCCCCC)[S][Sn]([CH2]CCCCCCCCCCCCCC)([CH2]CCCCCCCCCCCCCC)[S]1. The first-order valence-electron chi connectivity index (χ1n) is 31.1. The van der Waals surface area contributed by atoms with E-state index in [1.165, 1.54) is 257 Å². The molecule has 64 heavy (non-hydrogen) atoms. The van der Waals surface area contributed by atoms with E-state index >= 15 is 0 Å². The molecule has 1 rings (SSSR count). The minimum absolute atomic E-state index is 1.38. The molecule has 0 aromatic heterocycles. The Bertz CT molecular complexity index is 742. The molecule has 0 aromatic rings. The molecule has 1 fully saturated rings. The molecular formula is C60H124S2Sn2. The Morgan fingerprint density at radius 2 is 0.266 bits per heavy atom. The molecule has 0 aromatic carbocycles. The van der Waals surface area contributed by atoms with Crippen molar-refractivity contribution >= 4 is 43.5 Å². The molecule has 1 heterocycles. The molecule has 0 nitrogen and oxygen atoms in total. The van der Waals surface area contributed by atoms with Crippen LogP contribution in [0.5, 0.6) is 0 Å². The van der Waals surface area contributed by atoms with Gasteiger partial charge in [0.2, 0.25) is 0 Å². The van der Waals surface area contributed by atoms with Gasteiger partial charge in [-0.1, -0.05) is 79.1 Å². The molecule has 384 valence electrons. The molecule has 1 saturated heterocycles. The second-order valence-corrected chi connectivity index (χ2v) is 89.9. The van der Waals surface area contributed by atoms with Crippen LogP contribution in [0.4, 0.5) is 0 Å². The van der Waals surface area contributed by atoms with E-state index in [0.717, 1.165) is 0 Å². The average molecular weight is 1150 g/mol. The van der Waals surface area contributed by atoms with Gasteiger partial charge in [-0.3, -0.25) is 0 Å². The van der Waals surface area contributed by atoms with Gasteiger partial charge < -0.3 is 0 Å². The molecule has 0 amide bonds. The summed E-state index contributed by atoms with van der Waals surface area (Å²) in [5.74, 6) is 0. The van der Waals surface area contributed by atoms with Crippen molar-refractivity contribution in [3.05, 3.63) is 0 Å². The van der Waals surface area contributed by atoms with E-state index in [1.54, 1.807) is 94.8 Å². The molecule has 0 unspecified atom stereocenters. The fourth-order valence-electron chi connectivity index (χ4n) is 11.0. The third-order valence-corrected chi connectivity index (χ3v) is 184. The Kier molecular flexibility index (Phi) is 51.9. The first-order valence-corrected chi connectivity index (χ1v) is 54.7. The summed E-state index contributed by atoms with van der Waals surface area (Å²) in [5, 5.41) is 0. The summed E-state index contributed by atoms with van der Waals surface area (Å²) in [6.07, 6.45) is 84.3. The third-order valence-electron chi connectivity index (χ3n) is 15.4. The molecule has 0 radical (unpaired) electrons. The van der Waals surface area contributed by atoms with Crippen LogP contribution in [0.1, 0.15) is 362 Å². The number of unbranched alkanes of at least 4 members (excludes halogenated alkanes) is 48. The zero-order valence-electron chi connectivity index (χ0n) is 45.4. The van der Waals surface area contributed by atoms with Gasteiger partial charge in [-0.05, 0) is 0 Å². The van der Waals surface area contributed by atoms with Gasteiger partial charge in [0.05, 0.1) is 0 Å². The second-order valence-electron chi connectivity index (χ2n) is 22.0. The van der Waals surface area contributed by atoms with Crippen LogP contribution in [0, 0.1) is 0 Å². The Hall–Kier alpha value is 2.30. The third kappa shape index (κ3) is 42.0. The van der Waals surface area contributed by atoms with Crippen LogP contribution in [0.15, 0.2) is 0 Å². The summed E-state index contributed by atoms with van der Waals surface area (Å²) in [6.45, 7) is 9.36. The van der Waals surface area contributed by atoms with Crippen LogP contribution in [-0.2, 0) is 0 Å². The Labute approximate surface area is 419 Å². The van der Waals surface area contributed by atoms with Crippen molar-refractivity contribution in [2.24, 2.45) is 0 Å². The van der Waals surface area contributed by atoms with Gasteiger partial charge in [-0.15, -0.1) is 0 Å². The maximum atomic E-state index is 2.99. The maximum absolute atomic E-state index is 2.99. The molecule has 1 aliphatic heterocycles. The first-order chi connectivity index (χ1) is 31.7. The fraction of sp³-hybridized carbons (Fsp3) is 1.00. The zero-order chi connectivity index (χ0) is 46.0. The minimum atomic E-state index is -2.08. The van der Waals surface area contributed by atoms with E-state index in [4.69, 9.17) is 0 Å². The molecular weight excluding hydrogens is 1020 g/mol. The molecule has 4 heteroatoms. The molecule has 0 bridgehead atoms. The predicted octanol–water partition coefficient (Wildman–Crippen LogP) is 24.7. The van der Waals surface area contributed by atoms with E-state index in [9.17, 15) is 0 Å². The van der Waals surface area contributed by atoms with Crippen LogP contribution in [0.2, 0.25) is 17.7 Å². The van der Waals surface area contributed by atoms with Gasteiger partial charge in [0, 0.05) is 0 Å². The van der Waals surface area contributed by atoms with E-state index in [2.05, 4.69) is 40.0 Å². The van der Waals surface area contributed by atoms with E-state index < -0.39 is 31.2 Å². The predicted molar refractivity (Wildman–Crippen MR) is 309 cm³/mol. The van der Waals surface area contributed by atoms with Gasteiger partial charge >= 0.3 is 344 Å². The normalized spacial score (nSPS) is 14.4. The van der Waals surface area contributed by atoms with Crippen molar-refractivity contribution < 1.29 is 0 Å². The van der Waals surface area contributed by atoms with Crippen LogP contribution in [0.25, 0.3) is 0 Å². The number of hydrogen-bond donors (Lipinski definition) is 0. The van der Waals surface area contributed by atoms with E-state index in [1.807, 2.05) is 0 Å². The fourth-order valence-corrected chi connectivity index (χ4v) is 251. The van der Waals surface area contributed by atoms with E-state index in [0.29, 0.717) is 0 Å². The van der Waals surface area contributed by atoms with E-state index in [-0.39, 0.29) is 0 Å². The molecule has 0 saturated carbocycles.